The first kappa shape index (κ1) is 19.1. The molecule has 2 fully saturated rings. The third kappa shape index (κ3) is 3.25. The molecule has 5 rings (SSSR count). The number of anilines is 2. The summed E-state index contributed by atoms with van der Waals surface area (Å²) < 4.78 is 33.2. The molecule has 3 unspecified atom stereocenters. The van der Waals surface area contributed by atoms with Gasteiger partial charge in [-0.2, -0.15) is 5.10 Å². The van der Waals surface area contributed by atoms with E-state index >= 15 is 0 Å². The molecular formula is C22H23F2N5O. The van der Waals surface area contributed by atoms with E-state index in [0.717, 1.165) is 54.4 Å². The summed E-state index contributed by atoms with van der Waals surface area (Å²) in [4.78, 5) is 7.08. The first-order chi connectivity index (χ1) is 14.5. The fourth-order valence-corrected chi connectivity index (χ4v) is 4.58. The largest absolute Gasteiger partial charge is 0.377 e. The number of nitrogens with zero attached hydrogens (tertiary/aromatic N) is 4. The molecule has 2 aliphatic rings. The number of halogens is 2. The molecule has 8 heteroatoms. The van der Waals surface area contributed by atoms with Crippen molar-refractivity contribution in [2.24, 2.45) is 0 Å². The van der Waals surface area contributed by atoms with Crippen molar-refractivity contribution in [3.05, 3.63) is 53.4 Å². The van der Waals surface area contributed by atoms with Gasteiger partial charge in [-0.15, -0.1) is 5.10 Å². The molecule has 6 nitrogen and oxygen atoms in total. The highest BCUT2D eigenvalue weighted by Gasteiger charge is 2.37. The molecule has 0 amide bonds. The molecule has 1 N–H and O–H groups in total. The molecule has 0 aliphatic carbocycles. The Bertz CT molecular complexity index is 1090. The van der Waals surface area contributed by atoms with Gasteiger partial charge in [0, 0.05) is 17.0 Å². The summed E-state index contributed by atoms with van der Waals surface area (Å²) in [6.45, 7) is 5.14. The van der Waals surface area contributed by atoms with Crippen LogP contribution in [0.15, 0.2) is 30.5 Å². The van der Waals surface area contributed by atoms with Crippen molar-refractivity contribution in [1.82, 2.24) is 15.2 Å². The summed E-state index contributed by atoms with van der Waals surface area (Å²) in [5.41, 5.74) is 2.88. The number of benzene rings is 1. The van der Waals surface area contributed by atoms with Gasteiger partial charge in [0.15, 0.2) is 5.82 Å². The standard InChI is InChI=1S/C22H23F2N5O/c1-12(18-6-3-14(23)7-20(18)24)26-22-19-8-17(9-25-21(19)13(2)27-28-22)29-15-4-5-16(29)11-30-10-15/h3,6-9,12,15-16H,4-5,10-11H2,1-2H3,(H,26,28). The summed E-state index contributed by atoms with van der Waals surface area (Å²) in [5, 5.41) is 12.6. The Balaban J connectivity index is 1.52. The fourth-order valence-electron chi connectivity index (χ4n) is 4.58. The number of morpholine rings is 1. The van der Waals surface area contributed by atoms with Crippen LogP contribution in [0.1, 0.15) is 37.1 Å². The predicted octanol–water partition coefficient (Wildman–Crippen LogP) is 4.15. The van der Waals surface area contributed by atoms with Crippen LogP contribution in [-0.4, -0.2) is 40.5 Å². The van der Waals surface area contributed by atoms with Gasteiger partial charge in [0.1, 0.15) is 11.6 Å². The van der Waals surface area contributed by atoms with Crippen LogP contribution in [0, 0.1) is 18.6 Å². The zero-order valence-corrected chi connectivity index (χ0v) is 16.9. The topological polar surface area (TPSA) is 63.2 Å². The van der Waals surface area contributed by atoms with Crippen LogP contribution in [0.2, 0.25) is 0 Å². The Morgan fingerprint density at radius 1 is 1.13 bits per heavy atom. The van der Waals surface area contributed by atoms with Crippen molar-refractivity contribution in [1.29, 1.82) is 0 Å². The van der Waals surface area contributed by atoms with E-state index in [4.69, 9.17) is 4.74 Å². The lowest BCUT2D eigenvalue weighted by atomic mass is 10.1. The minimum Gasteiger partial charge on any atom is -0.377 e. The second-order valence-electron chi connectivity index (χ2n) is 8.09. The number of aryl methyl sites for hydroxylation is 1. The molecule has 30 heavy (non-hydrogen) atoms. The maximum atomic E-state index is 14.2. The van der Waals surface area contributed by atoms with Gasteiger partial charge in [-0.25, -0.2) is 8.78 Å². The molecule has 0 radical (unpaired) electrons. The molecular weight excluding hydrogens is 388 g/mol. The average Bonchev–Trinajstić information content (AvgIpc) is 2.98. The number of hydrogen-bond acceptors (Lipinski definition) is 6. The van der Waals surface area contributed by atoms with Crippen LogP contribution in [-0.2, 0) is 4.74 Å². The van der Waals surface area contributed by atoms with E-state index < -0.39 is 17.7 Å². The van der Waals surface area contributed by atoms with Gasteiger partial charge >= 0.3 is 0 Å². The van der Waals surface area contributed by atoms with E-state index in [-0.39, 0.29) is 0 Å². The minimum atomic E-state index is -0.599. The van der Waals surface area contributed by atoms with Crippen molar-refractivity contribution in [3.63, 3.8) is 0 Å². The highest BCUT2D eigenvalue weighted by atomic mass is 19.1. The Hall–Kier alpha value is -2.87. The van der Waals surface area contributed by atoms with E-state index in [1.807, 2.05) is 20.0 Å². The van der Waals surface area contributed by atoms with Crippen LogP contribution < -0.4 is 10.2 Å². The lowest BCUT2D eigenvalue weighted by Gasteiger charge is -2.36. The van der Waals surface area contributed by atoms with Crippen molar-refractivity contribution >= 4 is 22.4 Å². The monoisotopic (exact) mass is 411 g/mol. The van der Waals surface area contributed by atoms with Crippen molar-refractivity contribution in [2.75, 3.05) is 23.4 Å². The fraction of sp³-hybridized carbons (Fsp3) is 0.409. The first-order valence-electron chi connectivity index (χ1n) is 10.2. The van der Waals surface area contributed by atoms with E-state index in [1.54, 1.807) is 0 Å². The van der Waals surface area contributed by atoms with Gasteiger partial charge in [0.2, 0.25) is 0 Å². The maximum absolute atomic E-state index is 14.2. The second-order valence-corrected chi connectivity index (χ2v) is 8.09. The van der Waals surface area contributed by atoms with Crippen molar-refractivity contribution < 1.29 is 13.5 Å². The van der Waals surface area contributed by atoms with Crippen LogP contribution in [0.25, 0.3) is 10.9 Å². The number of nitrogens with one attached hydrogen (secondary N) is 1. The molecule has 2 bridgehead atoms. The molecule has 3 atom stereocenters. The van der Waals surface area contributed by atoms with Gasteiger partial charge in [0.05, 0.1) is 54.4 Å². The molecule has 1 aromatic carbocycles. The van der Waals surface area contributed by atoms with Crippen molar-refractivity contribution in [2.45, 2.75) is 44.8 Å². The molecule has 2 aliphatic heterocycles. The molecule has 0 saturated carbocycles. The van der Waals surface area contributed by atoms with Gasteiger partial charge in [-0.3, -0.25) is 4.98 Å². The Labute approximate surface area is 173 Å². The Kier molecular flexibility index (Phi) is 4.73. The number of hydrogen-bond donors (Lipinski definition) is 1. The van der Waals surface area contributed by atoms with Gasteiger partial charge < -0.3 is 15.0 Å². The normalized spacial score (nSPS) is 21.8. The van der Waals surface area contributed by atoms with Gasteiger partial charge in [0.25, 0.3) is 0 Å². The predicted molar refractivity (Wildman–Crippen MR) is 111 cm³/mol. The minimum absolute atomic E-state index is 0.363. The molecule has 2 aromatic heterocycles. The van der Waals surface area contributed by atoms with E-state index in [1.165, 1.54) is 12.1 Å². The summed E-state index contributed by atoms with van der Waals surface area (Å²) in [5.74, 6) is -0.664. The molecule has 0 spiro atoms. The maximum Gasteiger partial charge on any atom is 0.158 e. The Morgan fingerprint density at radius 2 is 1.90 bits per heavy atom. The van der Waals surface area contributed by atoms with Crippen molar-refractivity contribution in [3.8, 4) is 0 Å². The third-order valence-corrected chi connectivity index (χ3v) is 6.09. The second kappa shape index (κ2) is 7.43. The quantitative estimate of drug-likeness (QED) is 0.696. The third-order valence-electron chi connectivity index (χ3n) is 6.09. The number of rotatable bonds is 4. The smallest absolute Gasteiger partial charge is 0.158 e. The SMILES string of the molecule is Cc1nnc(NC(C)c2ccc(F)cc2F)c2cc(N3C4CCC3COC4)cnc12. The number of pyridine rings is 1. The summed E-state index contributed by atoms with van der Waals surface area (Å²) in [7, 11) is 0. The summed E-state index contributed by atoms with van der Waals surface area (Å²) >= 11 is 0. The lowest BCUT2D eigenvalue weighted by molar-refractivity contribution is 0.0906. The van der Waals surface area contributed by atoms with E-state index in [9.17, 15) is 8.78 Å². The highest BCUT2D eigenvalue weighted by Crippen LogP contribution is 2.36. The molecule has 3 aromatic rings. The molecule has 2 saturated heterocycles. The lowest BCUT2D eigenvalue weighted by Crippen LogP contribution is -2.45. The van der Waals surface area contributed by atoms with E-state index in [2.05, 4.69) is 31.5 Å². The molecule has 156 valence electrons. The number of aromatic nitrogens is 3. The van der Waals surface area contributed by atoms with E-state index in [0.29, 0.717) is 23.5 Å². The number of ether oxygens (including phenoxy) is 1. The zero-order valence-electron chi connectivity index (χ0n) is 16.9. The van der Waals surface area contributed by atoms with Gasteiger partial charge in [-0.1, -0.05) is 6.07 Å². The van der Waals surface area contributed by atoms with Crippen LogP contribution in [0.5, 0.6) is 0 Å². The zero-order chi connectivity index (χ0) is 20.8. The highest BCUT2D eigenvalue weighted by molar-refractivity contribution is 5.92. The number of fused-ring (bicyclic) bond motifs is 3. The summed E-state index contributed by atoms with van der Waals surface area (Å²) in [6.07, 6.45) is 4.12. The van der Waals surface area contributed by atoms with Crippen LogP contribution in [0.3, 0.4) is 0 Å². The van der Waals surface area contributed by atoms with Gasteiger partial charge in [-0.05, 0) is 38.8 Å². The van der Waals surface area contributed by atoms with Crippen LogP contribution in [0.4, 0.5) is 20.3 Å². The molecule has 4 heterocycles. The summed E-state index contributed by atoms with van der Waals surface area (Å²) in [6, 6.07) is 5.97. The first-order valence-corrected chi connectivity index (χ1v) is 10.2. The van der Waals surface area contributed by atoms with Crippen LogP contribution >= 0.6 is 0 Å². The average molecular weight is 411 g/mol. The Morgan fingerprint density at radius 3 is 2.63 bits per heavy atom.